The summed E-state index contributed by atoms with van der Waals surface area (Å²) in [5.74, 6) is 1.26. The van der Waals surface area contributed by atoms with Crippen LogP contribution in [-0.2, 0) is 6.42 Å². The molecule has 1 heterocycles. The zero-order valence-electron chi connectivity index (χ0n) is 10.3. The Morgan fingerprint density at radius 2 is 2.00 bits per heavy atom. The predicted octanol–water partition coefficient (Wildman–Crippen LogP) is 2.43. The molecule has 3 rings (SSSR count). The number of ether oxygens (including phenoxy) is 1. The first-order valence-electron chi connectivity index (χ1n) is 6.12. The fraction of sp³-hybridized carbons (Fsp3) is 0.267. The van der Waals surface area contributed by atoms with Crippen LogP contribution in [0, 0.1) is 0 Å². The van der Waals surface area contributed by atoms with Gasteiger partial charge in [-0.1, -0.05) is 12.1 Å². The molecule has 2 N–H and O–H groups in total. The van der Waals surface area contributed by atoms with Crippen LogP contribution in [0.25, 0.3) is 0 Å². The van der Waals surface area contributed by atoms with E-state index in [9.17, 15) is 0 Å². The van der Waals surface area contributed by atoms with Crippen molar-refractivity contribution in [3.05, 3.63) is 59.4 Å². The van der Waals surface area contributed by atoms with Gasteiger partial charge in [0.15, 0.2) is 0 Å². The number of fused-ring (bicyclic) bond motifs is 1. The Morgan fingerprint density at radius 1 is 1.22 bits per heavy atom. The molecular formula is C15H16N2O. The van der Waals surface area contributed by atoms with Gasteiger partial charge in [0.25, 0.3) is 0 Å². The van der Waals surface area contributed by atoms with E-state index in [1.807, 2.05) is 36.7 Å². The van der Waals surface area contributed by atoms with Crippen molar-refractivity contribution < 1.29 is 4.74 Å². The minimum atomic E-state index is 0.0394. The van der Waals surface area contributed by atoms with Gasteiger partial charge in [-0.3, -0.25) is 4.98 Å². The molecule has 2 unspecified atom stereocenters. The molecule has 0 saturated heterocycles. The largest absolute Gasteiger partial charge is 0.496 e. The smallest absolute Gasteiger partial charge is 0.122 e. The number of benzene rings is 1. The molecular weight excluding hydrogens is 224 g/mol. The third kappa shape index (κ3) is 1.68. The first-order valence-corrected chi connectivity index (χ1v) is 6.12. The number of hydrogen-bond acceptors (Lipinski definition) is 3. The van der Waals surface area contributed by atoms with E-state index in [0.29, 0.717) is 5.92 Å². The van der Waals surface area contributed by atoms with Crippen molar-refractivity contribution in [1.29, 1.82) is 0 Å². The van der Waals surface area contributed by atoms with Crippen LogP contribution in [0.15, 0.2) is 42.7 Å². The van der Waals surface area contributed by atoms with Crippen molar-refractivity contribution >= 4 is 0 Å². The SMILES string of the molecule is COc1cccc2c1CC(c1ccncc1)C2N. The van der Waals surface area contributed by atoms with E-state index in [1.165, 1.54) is 16.7 Å². The maximum Gasteiger partial charge on any atom is 0.122 e. The number of rotatable bonds is 2. The van der Waals surface area contributed by atoms with E-state index in [0.717, 1.165) is 12.2 Å². The Kier molecular flexibility index (Phi) is 2.76. The lowest BCUT2D eigenvalue weighted by atomic mass is 9.94. The minimum absolute atomic E-state index is 0.0394. The first-order chi connectivity index (χ1) is 8.81. The van der Waals surface area contributed by atoms with Crippen molar-refractivity contribution in [2.45, 2.75) is 18.4 Å². The molecule has 2 aromatic rings. The molecule has 1 aromatic carbocycles. The van der Waals surface area contributed by atoms with Gasteiger partial charge in [-0.25, -0.2) is 0 Å². The fourth-order valence-corrected chi connectivity index (χ4v) is 2.80. The lowest BCUT2D eigenvalue weighted by Crippen LogP contribution is -2.15. The molecule has 0 bridgehead atoms. The lowest BCUT2D eigenvalue weighted by molar-refractivity contribution is 0.410. The number of nitrogens with two attached hydrogens (primary N) is 1. The summed E-state index contributed by atoms with van der Waals surface area (Å²) >= 11 is 0. The van der Waals surface area contributed by atoms with Gasteiger partial charge in [0, 0.05) is 24.4 Å². The van der Waals surface area contributed by atoms with Crippen molar-refractivity contribution in [2.75, 3.05) is 7.11 Å². The zero-order chi connectivity index (χ0) is 12.5. The van der Waals surface area contributed by atoms with Gasteiger partial charge in [0.1, 0.15) is 5.75 Å². The second-order valence-corrected chi connectivity index (χ2v) is 4.65. The molecule has 1 aromatic heterocycles. The Morgan fingerprint density at radius 3 is 2.72 bits per heavy atom. The Labute approximate surface area is 107 Å². The summed E-state index contributed by atoms with van der Waals surface area (Å²) in [6, 6.07) is 10.2. The van der Waals surface area contributed by atoms with Crippen molar-refractivity contribution in [3.63, 3.8) is 0 Å². The van der Waals surface area contributed by atoms with Gasteiger partial charge < -0.3 is 10.5 Å². The summed E-state index contributed by atoms with van der Waals surface area (Å²) in [6.45, 7) is 0. The lowest BCUT2D eigenvalue weighted by Gasteiger charge is -2.15. The van der Waals surface area contributed by atoms with Gasteiger partial charge in [0.05, 0.1) is 7.11 Å². The summed E-state index contributed by atoms with van der Waals surface area (Å²) in [5.41, 5.74) is 10.1. The van der Waals surface area contributed by atoms with E-state index < -0.39 is 0 Å². The summed E-state index contributed by atoms with van der Waals surface area (Å²) in [4.78, 5) is 4.06. The molecule has 0 saturated carbocycles. The Balaban J connectivity index is 2.01. The van der Waals surface area contributed by atoms with Crippen molar-refractivity contribution in [3.8, 4) is 5.75 Å². The van der Waals surface area contributed by atoms with Gasteiger partial charge in [-0.2, -0.15) is 0 Å². The van der Waals surface area contributed by atoms with E-state index >= 15 is 0 Å². The molecule has 0 amide bonds. The third-order valence-electron chi connectivity index (χ3n) is 3.74. The molecule has 1 aliphatic carbocycles. The van der Waals surface area contributed by atoms with Crippen molar-refractivity contribution in [1.82, 2.24) is 4.98 Å². The molecule has 3 heteroatoms. The van der Waals surface area contributed by atoms with Crippen LogP contribution >= 0.6 is 0 Å². The Hall–Kier alpha value is -1.87. The maximum absolute atomic E-state index is 6.37. The minimum Gasteiger partial charge on any atom is -0.496 e. The van der Waals surface area contributed by atoms with Crippen LogP contribution in [0.5, 0.6) is 5.75 Å². The highest BCUT2D eigenvalue weighted by Gasteiger charge is 2.32. The molecule has 1 aliphatic rings. The van der Waals surface area contributed by atoms with Gasteiger partial charge in [0.2, 0.25) is 0 Å². The topological polar surface area (TPSA) is 48.1 Å². The number of methoxy groups -OCH3 is 1. The highest BCUT2D eigenvalue weighted by atomic mass is 16.5. The monoisotopic (exact) mass is 240 g/mol. The van der Waals surface area contributed by atoms with Crippen LogP contribution in [-0.4, -0.2) is 12.1 Å². The standard InChI is InChI=1S/C15H16N2O/c1-18-14-4-2-3-11-13(14)9-12(15(11)16)10-5-7-17-8-6-10/h2-8,12,15H,9,16H2,1H3. The Bertz CT molecular complexity index is 554. The summed E-state index contributed by atoms with van der Waals surface area (Å²) in [7, 11) is 1.71. The molecule has 0 aliphatic heterocycles. The highest BCUT2D eigenvalue weighted by molar-refractivity contribution is 5.48. The molecule has 18 heavy (non-hydrogen) atoms. The molecule has 0 fully saturated rings. The quantitative estimate of drug-likeness (QED) is 0.877. The molecule has 0 spiro atoms. The summed E-state index contributed by atoms with van der Waals surface area (Å²) in [6.07, 6.45) is 4.58. The number of hydrogen-bond donors (Lipinski definition) is 1. The van der Waals surface area contributed by atoms with Crippen LogP contribution in [0.3, 0.4) is 0 Å². The average Bonchev–Trinajstić information content (AvgIpc) is 2.77. The molecule has 92 valence electrons. The predicted molar refractivity (Wildman–Crippen MR) is 70.6 cm³/mol. The van der Waals surface area contributed by atoms with Crippen LogP contribution in [0.1, 0.15) is 28.7 Å². The number of aromatic nitrogens is 1. The van der Waals surface area contributed by atoms with E-state index in [1.54, 1.807) is 7.11 Å². The second-order valence-electron chi connectivity index (χ2n) is 4.65. The van der Waals surface area contributed by atoms with Gasteiger partial charge in [-0.15, -0.1) is 0 Å². The number of pyridine rings is 1. The molecule has 3 nitrogen and oxygen atoms in total. The second kappa shape index (κ2) is 4.42. The zero-order valence-corrected chi connectivity index (χ0v) is 10.3. The third-order valence-corrected chi connectivity index (χ3v) is 3.74. The van der Waals surface area contributed by atoms with Gasteiger partial charge in [-0.05, 0) is 41.3 Å². The summed E-state index contributed by atoms with van der Waals surface area (Å²) < 4.78 is 5.42. The fourth-order valence-electron chi connectivity index (χ4n) is 2.80. The number of nitrogens with zero attached hydrogens (tertiary/aromatic N) is 1. The normalized spacial score (nSPS) is 21.7. The summed E-state index contributed by atoms with van der Waals surface area (Å²) in [5, 5.41) is 0. The highest BCUT2D eigenvalue weighted by Crippen LogP contribution is 2.44. The van der Waals surface area contributed by atoms with Crippen molar-refractivity contribution in [2.24, 2.45) is 5.73 Å². The molecule has 0 radical (unpaired) electrons. The van der Waals surface area contributed by atoms with Gasteiger partial charge >= 0.3 is 0 Å². The average molecular weight is 240 g/mol. The van der Waals surface area contributed by atoms with E-state index in [4.69, 9.17) is 10.5 Å². The van der Waals surface area contributed by atoms with E-state index in [-0.39, 0.29) is 6.04 Å². The first kappa shape index (κ1) is 11.2. The van der Waals surface area contributed by atoms with E-state index in [2.05, 4.69) is 11.1 Å². The van der Waals surface area contributed by atoms with Crippen LogP contribution in [0.2, 0.25) is 0 Å². The van der Waals surface area contributed by atoms with Crippen LogP contribution in [0.4, 0.5) is 0 Å². The maximum atomic E-state index is 6.37. The van der Waals surface area contributed by atoms with Crippen LogP contribution < -0.4 is 10.5 Å². The molecule has 2 atom stereocenters.